The number of hydrogen-bond acceptors (Lipinski definition) is 2. The minimum absolute atomic E-state index is 0.205. The number of halogens is 1. The predicted octanol–water partition coefficient (Wildman–Crippen LogP) is 1.30. The van der Waals surface area contributed by atoms with Gasteiger partial charge in [-0.1, -0.05) is 0 Å². The first-order valence-corrected chi connectivity index (χ1v) is 5.16. The number of piperazine rings is 1. The number of quaternary nitrogens is 1. The average molecular weight is 211 g/mol. The highest BCUT2D eigenvalue weighted by molar-refractivity contribution is 5.41. The summed E-state index contributed by atoms with van der Waals surface area (Å²) in [6, 6.07) is 6.56. The smallest absolute Gasteiger partial charge is 0.165 e. The van der Waals surface area contributed by atoms with Gasteiger partial charge in [0.2, 0.25) is 0 Å². The van der Waals surface area contributed by atoms with Crippen molar-refractivity contribution < 1.29 is 9.23 Å². The molecule has 1 heterocycles. The highest BCUT2D eigenvalue weighted by Gasteiger charge is 2.33. The van der Waals surface area contributed by atoms with Crippen molar-refractivity contribution in [2.45, 2.75) is 0 Å². The lowest BCUT2D eigenvalue weighted by Gasteiger charge is -2.36. The Bertz CT molecular complexity index is 320. The van der Waals surface area contributed by atoms with E-state index in [1.54, 1.807) is 19.2 Å². The molecule has 0 radical (unpaired) electrons. The summed E-state index contributed by atoms with van der Waals surface area (Å²) in [4.78, 5) is 5.58. The van der Waals surface area contributed by atoms with E-state index in [1.165, 1.54) is 12.1 Å². The van der Waals surface area contributed by atoms with Crippen LogP contribution in [0.4, 0.5) is 10.1 Å². The third-order valence-electron chi connectivity index (χ3n) is 2.95. The number of nitrogens with zero attached hydrogens (tertiary/aromatic N) is 1. The first-order valence-electron chi connectivity index (χ1n) is 5.16. The van der Waals surface area contributed by atoms with Crippen molar-refractivity contribution in [3.63, 3.8) is 0 Å². The molecule has 3 nitrogen and oxygen atoms in total. The molecule has 0 atom stereocenters. The lowest BCUT2D eigenvalue weighted by Crippen LogP contribution is -2.59. The molecule has 15 heavy (non-hydrogen) atoms. The standard InChI is InChI=1S/C11H16FN2O/c1-15-14(8-6-13-7-9-14)11-4-2-10(12)3-5-11/h2-5,13H,6-9H2,1H3/q+1. The molecular formula is C11H16FN2O+. The van der Waals surface area contributed by atoms with E-state index >= 15 is 0 Å². The number of nitrogens with one attached hydrogen (secondary N) is 1. The van der Waals surface area contributed by atoms with Crippen LogP contribution in [0.25, 0.3) is 0 Å². The monoisotopic (exact) mass is 211 g/mol. The lowest BCUT2D eigenvalue weighted by molar-refractivity contribution is -0.126. The summed E-state index contributed by atoms with van der Waals surface area (Å²) >= 11 is 0. The molecule has 1 N–H and O–H groups in total. The van der Waals surface area contributed by atoms with Crippen LogP contribution in [0, 0.1) is 5.82 Å². The van der Waals surface area contributed by atoms with E-state index < -0.39 is 0 Å². The zero-order valence-corrected chi connectivity index (χ0v) is 8.87. The van der Waals surface area contributed by atoms with Gasteiger partial charge in [-0.2, -0.15) is 0 Å². The Kier molecular flexibility index (Phi) is 3.00. The fraction of sp³-hybridized carbons (Fsp3) is 0.455. The molecule has 2 rings (SSSR count). The van der Waals surface area contributed by atoms with Gasteiger partial charge in [0.25, 0.3) is 0 Å². The predicted molar refractivity (Wildman–Crippen MR) is 57.8 cm³/mol. The molecule has 1 fully saturated rings. The third kappa shape index (κ3) is 2.02. The van der Waals surface area contributed by atoms with E-state index in [0.717, 1.165) is 31.9 Å². The van der Waals surface area contributed by atoms with Crippen molar-refractivity contribution in [2.24, 2.45) is 0 Å². The summed E-state index contributed by atoms with van der Waals surface area (Å²) in [6.07, 6.45) is 0. The average Bonchev–Trinajstić information content (AvgIpc) is 2.31. The molecular weight excluding hydrogens is 195 g/mol. The molecule has 0 amide bonds. The molecule has 4 heteroatoms. The normalized spacial score (nSPS) is 20.1. The zero-order valence-electron chi connectivity index (χ0n) is 8.87. The second-order valence-corrected chi connectivity index (χ2v) is 3.75. The molecule has 1 aliphatic rings. The van der Waals surface area contributed by atoms with Gasteiger partial charge in [0.15, 0.2) is 5.69 Å². The van der Waals surface area contributed by atoms with Crippen molar-refractivity contribution in [1.29, 1.82) is 0 Å². The molecule has 0 bridgehead atoms. The largest absolute Gasteiger partial charge is 0.306 e. The Morgan fingerprint density at radius 3 is 2.33 bits per heavy atom. The summed E-state index contributed by atoms with van der Waals surface area (Å²) in [5.41, 5.74) is 1.01. The number of hydrogen-bond donors (Lipinski definition) is 1. The van der Waals surface area contributed by atoms with Crippen LogP contribution in [0.15, 0.2) is 24.3 Å². The number of benzene rings is 1. The van der Waals surface area contributed by atoms with Crippen molar-refractivity contribution in [3.8, 4) is 0 Å². The van der Waals surface area contributed by atoms with E-state index in [0.29, 0.717) is 4.65 Å². The van der Waals surface area contributed by atoms with Crippen LogP contribution in [0.3, 0.4) is 0 Å². The Morgan fingerprint density at radius 2 is 1.80 bits per heavy atom. The van der Waals surface area contributed by atoms with E-state index in [-0.39, 0.29) is 5.82 Å². The maximum Gasteiger partial charge on any atom is 0.165 e. The van der Waals surface area contributed by atoms with E-state index in [9.17, 15) is 4.39 Å². The minimum atomic E-state index is -0.205. The molecule has 0 saturated carbocycles. The molecule has 0 aliphatic carbocycles. The van der Waals surface area contributed by atoms with Gasteiger partial charge in [-0.25, -0.2) is 9.23 Å². The highest BCUT2D eigenvalue weighted by atomic mass is 19.1. The van der Waals surface area contributed by atoms with Crippen LogP contribution in [0.5, 0.6) is 0 Å². The van der Waals surface area contributed by atoms with E-state index in [1.807, 2.05) is 0 Å². The van der Waals surface area contributed by atoms with Gasteiger partial charge in [0.05, 0.1) is 7.11 Å². The van der Waals surface area contributed by atoms with Crippen LogP contribution < -0.4 is 9.96 Å². The van der Waals surface area contributed by atoms with Crippen LogP contribution in [-0.2, 0) is 4.84 Å². The van der Waals surface area contributed by atoms with Crippen LogP contribution >= 0.6 is 0 Å². The minimum Gasteiger partial charge on any atom is -0.306 e. The third-order valence-corrected chi connectivity index (χ3v) is 2.95. The topological polar surface area (TPSA) is 21.3 Å². The first-order chi connectivity index (χ1) is 7.27. The fourth-order valence-electron chi connectivity index (χ4n) is 2.02. The van der Waals surface area contributed by atoms with Gasteiger partial charge in [-0.15, -0.1) is 4.65 Å². The Hall–Kier alpha value is -0.970. The molecule has 0 aromatic heterocycles. The maximum atomic E-state index is 12.8. The van der Waals surface area contributed by atoms with Crippen LogP contribution in [0.2, 0.25) is 0 Å². The van der Waals surface area contributed by atoms with Crippen molar-refractivity contribution >= 4 is 5.69 Å². The van der Waals surface area contributed by atoms with Gasteiger partial charge in [0.1, 0.15) is 18.9 Å². The van der Waals surface area contributed by atoms with Crippen LogP contribution in [-0.4, -0.2) is 33.3 Å². The molecule has 0 spiro atoms. The molecule has 1 aromatic carbocycles. The number of rotatable bonds is 2. The SMILES string of the molecule is CO[N+]1(c2ccc(F)cc2)CCNCC1. The molecule has 1 aromatic rings. The molecule has 1 saturated heterocycles. The first kappa shape index (κ1) is 10.5. The van der Waals surface area contributed by atoms with Crippen molar-refractivity contribution in [1.82, 2.24) is 9.96 Å². The van der Waals surface area contributed by atoms with Gasteiger partial charge in [-0.3, -0.25) is 0 Å². The quantitative estimate of drug-likeness (QED) is 0.744. The summed E-state index contributed by atoms with van der Waals surface area (Å²) in [5, 5.41) is 3.29. The van der Waals surface area contributed by atoms with E-state index in [4.69, 9.17) is 4.84 Å². The summed E-state index contributed by atoms with van der Waals surface area (Å²) < 4.78 is 13.3. The molecule has 82 valence electrons. The highest BCUT2D eigenvalue weighted by Crippen LogP contribution is 2.24. The van der Waals surface area contributed by atoms with Crippen molar-refractivity contribution in [3.05, 3.63) is 30.1 Å². The Labute approximate surface area is 89.0 Å². The van der Waals surface area contributed by atoms with Gasteiger partial charge >= 0.3 is 0 Å². The van der Waals surface area contributed by atoms with Crippen LogP contribution in [0.1, 0.15) is 0 Å². The summed E-state index contributed by atoms with van der Waals surface area (Å²) in [6.45, 7) is 3.60. The van der Waals surface area contributed by atoms with Gasteiger partial charge in [-0.05, 0) is 12.1 Å². The van der Waals surface area contributed by atoms with E-state index in [2.05, 4.69) is 5.32 Å². The Balaban J connectivity index is 2.28. The lowest BCUT2D eigenvalue weighted by atomic mass is 10.2. The molecule has 0 unspecified atom stereocenters. The summed E-state index contributed by atoms with van der Waals surface area (Å²) in [5.74, 6) is -0.205. The molecule has 1 aliphatic heterocycles. The fourth-order valence-corrected chi connectivity index (χ4v) is 2.02. The van der Waals surface area contributed by atoms with Crippen molar-refractivity contribution in [2.75, 3.05) is 33.3 Å². The van der Waals surface area contributed by atoms with Gasteiger partial charge < -0.3 is 5.32 Å². The maximum absolute atomic E-state index is 12.8. The van der Waals surface area contributed by atoms with Gasteiger partial charge in [0, 0.05) is 25.2 Å². The Morgan fingerprint density at radius 1 is 1.20 bits per heavy atom. The zero-order chi connectivity index (χ0) is 10.7. The summed E-state index contributed by atoms with van der Waals surface area (Å²) in [7, 11) is 1.70. The second kappa shape index (κ2) is 4.26. The number of hydroxylamine groups is 2. The second-order valence-electron chi connectivity index (χ2n) is 3.75.